The standard InChI is InChI=1S/C28H32O6/c1-16(2)19-13-17-10-12-28(4)20(23(17)25(31)24(19)30)7-6-11-27(28,3)15-34-26(32)18-8-9-21(29)22(14-18)33-5/h7-10,12-14,16,29-31H,6,11,15H2,1-5H3/t27-,28+/m1/s1. The van der Waals surface area contributed by atoms with Crippen molar-refractivity contribution in [2.75, 3.05) is 13.7 Å². The predicted molar refractivity (Wildman–Crippen MR) is 131 cm³/mol. The molecule has 0 saturated carbocycles. The SMILES string of the molecule is COc1cc(C(=O)OC[C@@]2(C)CCC=C3c4c(cc(C(C)C)c(O)c4O)C=C[C@@]32C)ccc1O. The van der Waals surface area contributed by atoms with Gasteiger partial charge in [0, 0.05) is 22.0 Å². The largest absolute Gasteiger partial charge is 0.504 e. The van der Waals surface area contributed by atoms with Crippen LogP contribution in [0.15, 0.2) is 36.4 Å². The molecule has 0 unspecified atom stereocenters. The van der Waals surface area contributed by atoms with Gasteiger partial charge in [-0.1, -0.05) is 45.9 Å². The molecule has 2 atom stereocenters. The first-order chi connectivity index (χ1) is 16.0. The quantitative estimate of drug-likeness (QED) is 0.370. The summed E-state index contributed by atoms with van der Waals surface area (Å²) in [6.45, 7) is 8.29. The molecule has 2 aromatic rings. The molecule has 0 fully saturated rings. The molecule has 6 nitrogen and oxygen atoms in total. The number of carbonyl (C=O) groups excluding carboxylic acids is 1. The minimum absolute atomic E-state index is 0.0460. The van der Waals surface area contributed by atoms with Gasteiger partial charge in [0.05, 0.1) is 19.3 Å². The van der Waals surface area contributed by atoms with E-state index in [9.17, 15) is 20.1 Å². The molecular formula is C28H32O6. The van der Waals surface area contributed by atoms with Crippen LogP contribution in [-0.4, -0.2) is 35.0 Å². The Kier molecular flexibility index (Phi) is 5.88. The third-order valence-corrected chi connectivity index (χ3v) is 7.62. The van der Waals surface area contributed by atoms with Crippen LogP contribution in [0.2, 0.25) is 0 Å². The number of rotatable bonds is 5. The Hall–Kier alpha value is -3.41. The van der Waals surface area contributed by atoms with Gasteiger partial charge >= 0.3 is 5.97 Å². The number of phenols is 3. The van der Waals surface area contributed by atoms with E-state index in [2.05, 4.69) is 26.0 Å². The summed E-state index contributed by atoms with van der Waals surface area (Å²) in [6.07, 6.45) is 7.78. The average molecular weight is 465 g/mol. The summed E-state index contributed by atoms with van der Waals surface area (Å²) in [6, 6.07) is 6.30. The van der Waals surface area contributed by atoms with Crippen LogP contribution in [0.4, 0.5) is 0 Å². The summed E-state index contributed by atoms with van der Waals surface area (Å²) in [7, 11) is 1.42. The first-order valence-electron chi connectivity index (χ1n) is 11.6. The van der Waals surface area contributed by atoms with E-state index in [0.717, 1.165) is 24.0 Å². The van der Waals surface area contributed by atoms with E-state index in [0.29, 0.717) is 16.7 Å². The molecule has 2 aliphatic carbocycles. The van der Waals surface area contributed by atoms with Gasteiger partial charge in [0.25, 0.3) is 0 Å². The maximum absolute atomic E-state index is 12.8. The second-order valence-electron chi connectivity index (χ2n) is 10.00. The number of hydrogen-bond acceptors (Lipinski definition) is 6. The topological polar surface area (TPSA) is 96.2 Å². The predicted octanol–water partition coefficient (Wildman–Crippen LogP) is 6.01. The molecule has 0 saturated heterocycles. The number of hydrogen-bond donors (Lipinski definition) is 3. The first-order valence-corrected chi connectivity index (χ1v) is 11.6. The van der Waals surface area contributed by atoms with E-state index in [1.54, 1.807) is 0 Å². The number of allylic oxidation sites excluding steroid dienone is 3. The fourth-order valence-corrected chi connectivity index (χ4v) is 5.13. The third kappa shape index (κ3) is 3.61. The fourth-order valence-electron chi connectivity index (χ4n) is 5.13. The van der Waals surface area contributed by atoms with Crippen molar-refractivity contribution in [3.63, 3.8) is 0 Å². The molecule has 0 aromatic heterocycles. The highest BCUT2D eigenvalue weighted by Crippen LogP contribution is 2.60. The van der Waals surface area contributed by atoms with Gasteiger partial charge in [0.1, 0.15) is 0 Å². The summed E-state index contributed by atoms with van der Waals surface area (Å²) in [5.74, 6) is -0.440. The van der Waals surface area contributed by atoms with Gasteiger partial charge in [-0.25, -0.2) is 4.79 Å². The van der Waals surface area contributed by atoms with Crippen LogP contribution < -0.4 is 4.74 Å². The Morgan fingerprint density at radius 2 is 1.85 bits per heavy atom. The molecule has 0 radical (unpaired) electrons. The molecule has 2 aromatic carbocycles. The Balaban J connectivity index is 1.65. The van der Waals surface area contributed by atoms with Crippen molar-refractivity contribution in [2.45, 2.75) is 46.5 Å². The lowest BCUT2D eigenvalue weighted by molar-refractivity contribution is 0.00918. The van der Waals surface area contributed by atoms with Crippen molar-refractivity contribution >= 4 is 17.6 Å². The average Bonchev–Trinajstić information content (AvgIpc) is 2.80. The summed E-state index contributed by atoms with van der Waals surface area (Å²) in [4.78, 5) is 12.8. The van der Waals surface area contributed by atoms with Crippen LogP contribution in [0.5, 0.6) is 23.0 Å². The lowest BCUT2D eigenvalue weighted by Crippen LogP contribution is -2.44. The monoisotopic (exact) mass is 464 g/mol. The van der Waals surface area contributed by atoms with E-state index in [4.69, 9.17) is 9.47 Å². The van der Waals surface area contributed by atoms with Crippen LogP contribution >= 0.6 is 0 Å². The Bertz CT molecular complexity index is 1210. The van der Waals surface area contributed by atoms with Gasteiger partial charge in [-0.3, -0.25) is 0 Å². The Morgan fingerprint density at radius 3 is 2.53 bits per heavy atom. The second-order valence-corrected chi connectivity index (χ2v) is 10.00. The minimum Gasteiger partial charge on any atom is -0.504 e. The molecule has 2 aliphatic rings. The van der Waals surface area contributed by atoms with Crippen LogP contribution in [-0.2, 0) is 4.74 Å². The molecule has 0 spiro atoms. The lowest BCUT2D eigenvalue weighted by atomic mass is 9.54. The number of ether oxygens (including phenoxy) is 2. The summed E-state index contributed by atoms with van der Waals surface area (Å²) >= 11 is 0. The zero-order chi connectivity index (χ0) is 24.8. The van der Waals surface area contributed by atoms with Crippen LogP contribution in [0.25, 0.3) is 11.6 Å². The van der Waals surface area contributed by atoms with E-state index in [1.807, 2.05) is 26.0 Å². The van der Waals surface area contributed by atoms with Gasteiger partial charge in [0.2, 0.25) is 0 Å². The maximum atomic E-state index is 12.8. The van der Waals surface area contributed by atoms with Crippen LogP contribution in [0, 0.1) is 10.8 Å². The van der Waals surface area contributed by atoms with Crippen LogP contribution in [0.3, 0.4) is 0 Å². The molecule has 4 rings (SSSR count). The minimum atomic E-state index is -0.519. The number of carbonyl (C=O) groups is 1. The highest BCUT2D eigenvalue weighted by Gasteiger charge is 2.50. The fraction of sp³-hybridized carbons (Fsp3) is 0.393. The van der Waals surface area contributed by atoms with Crippen LogP contribution in [0.1, 0.15) is 73.5 Å². The number of aromatic hydroxyl groups is 3. The van der Waals surface area contributed by atoms with Crippen molar-refractivity contribution in [1.29, 1.82) is 0 Å². The molecule has 34 heavy (non-hydrogen) atoms. The van der Waals surface area contributed by atoms with Crippen molar-refractivity contribution in [2.24, 2.45) is 10.8 Å². The van der Waals surface area contributed by atoms with Gasteiger partial charge < -0.3 is 24.8 Å². The normalized spacial score (nSPS) is 23.2. The Morgan fingerprint density at radius 1 is 1.12 bits per heavy atom. The van der Waals surface area contributed by atoms with E-state index in [-0.39, 0.29) is 35.5 Å². The third-order valence-electron chi connectivity index (χ3n) is 7.62. The van der Waals surface area contributed by atoms with E-state index < -0.39 is 16.8 Å². The molecule has 0 amide bonds. The highest BCUT2D eigenvalue weighted by molar-refractivity contribution is 5.91. The lowest BCUT2D eigenvalue weighted by Gasteiger charge is -2.50. The van der Waals surface area contributed by atoms with Crippen molar-refractivity contribution < 1.29 is 29.6 Å². The zero-order valence-electron chi connectivity index (χ0n) is 20.3. The molecule has 0 bridgehead atoms. The molecule has 0 heterocycles. The highest BCUT2D eigenvalue weighted by atomic mass is 16.5. The second kappa shape index (κ2) is 8.42. The number of methoxy groups -OCH3 is 1. The summed E-state index contributed by atoms with van der Waals surface area (Å²) < 4.78 is 10.9. The molecular weight excluding hydrogens is 432 g/mol. The maximum Gasteiger partial charge on any atom is 0.338 e. The summed E-state index contributed by atoms with van der Waals surface area (Å²) in [5, 5.41) is 31.5. The number of phenolic OH excluding ortho intramolecular Hbond substituents is 3. The van der Waals surface area contributed by atoms with Crippen molar-refractivity contribution in [3.05, 3.63) is 58.7 Å². The van der Waals surface area contributed by atoms with Gasteiger partial charge in [-0.05, 0) is 54.2 Å². The summed E-state index contributed by atoms with van der Waals surface area (Å²) in [5.41, 5.74) is 2.50. The van der Waals surface area contributed by atoms with E-state index in [1.165, 1.54) is 25.3 Å². The van der Waals surface area contributed by atoms with Gasteiger partial charge in [0.15, 0.2) is 23.0 Å². The first kappa shape index (κ1) is 23.7. The Labute approximate surface area is 200 Å². The van der Waals surface area contributed by atoms with Crippen molar-refractivity contribution in [1.82, 2.24) is 0 Å². The number of fused-ring (bicyclic) bond motifs is 3. The molecule has 180 valence electrons. The smallest absolute Gasteiger partial charge is 0.338 e. The molecule has 6 heteroatoms. The van der Waals surface area contributed by atoms with Gasteiger partial charge in [-0.2, -0.15) is 0 Å². The van der Waals surface area contributed by atoms with Gasteiger partial charge in [-0.15, -0.1) is 0 Å². The number of benzene rings is 2. The van der Waals surface area contributed by atoms with Crippen molar-refractivity contribution in [3.8, 4) is 23.0 Å². The van der Waals surface area contributed by atoms with E-state index >= 15 is 0 Å². The zero-order valence-corrected chi connectivity index (χ0v) is 20.3. The molecule has 3 N–H and O–H groups in total. The molecule has 0 aliphatic heterocycles. The number of esters is 1.